The minimum Gasteiger partial charge on any atom is -0.344 e. The number of thiazole rings is 1. The molecule has 31 heavy (non-hydrogen) atoms. The number of pyridine rings is 1. The molecule has 0 spiro atoms. The highest BCUT2D eigenvalue weighted by Crippen LogP contribution is 2.28. The Morgan fingerprint density at radius 2 is 1.97 bits per heavy atom. The third-order valence-electron chi connectivity index (χ3n) is 5.60. The van der Waals surface area contributed by atoms with E-state index in [4.69, 9.17) is 0 Å². The van der Waals surface area contributed by atoms with E-state index in [1.165, 1.54) is 11.8 Å². The molecule has 0 N–H and O–H groups in total. The van der Waals surface area contributed by atoms with Gasteiger partial charge in [-0.15, -0.1) is 5.10 Å². The normalized spacial score (nSPS) is 14.7. The summed E-state index contributed by atoms with van der Waals surface area (Å²) in [6.07, 6.45) is 4.05. The van der Waals surface area contributed by atoms with Gasteiger partial charge in [0.1, 0.15) is 10.3 Å². The Kier molecular flexibility index (Phi) is 5.22. The van der Waals surface area contributed by atoms with Gasteiger partial charge in [-0.05, 0) is 32.2 Å². The first-order valence-corrected chi connectivity index (χ1v) is 12.1. The van der Waals surface area contributed by atoms with Gasteiger partial charge in [0.25, 0.3) is 5.78 Å². The zero-order valence-corrected chi connectivity index (χ0v) is 19.2. The van der Waals surface area contributed by atoms with Crippen molar-refractivity contribution in [1.29, 1.82) is 0 Å². The zero-order chi connectivity index (χ0) is 21.5. The van der Waals surface area contributed by atoms with E-state index in [9.17, 15) is 4.79 Å². The van der Waals surface area contributed by atoms with Crippen molar-refractivity contribution in [2.24, 2.45) is 0 Å². The van der Waals surface area contributed by atoms with E-state index in [-0.39, 0.29) is 5.91 Å². The lowest BCUT2D eigenvalue weighted by atomic mass is 10.1. The maximum Gasteiger partial charge on any atom is 0.253 e. The van der Waals surface area contributed by atoms with Crippen LogP contribution in [-0.2, 0) is 11.2 Å². The molecule has 1 aliphatic heterocycles. The van der Waals surface area contributed by atoms with E-state index >= 15 is 0 Å². The number of piperazine rings is 1. The molecule has 1 saturated heterocycles. The molecule has 160 valence electrons. The Morgan fingerprint density at radius 3 is 2.71 bits per heavy atom. The maximum atomic E-state index is 13.1. The summed E-state index contributed by atoms with van der Waals surface area (Å²) in [5, 5.41) is 6.13. The van der Waals surface area contributed by atoms with E-state index in [0.717, 1.165) is 45.5 Å². The molecule has 0 bridgehead atoms. The van der Waals surface area contributed by atoms with Gasteiger partial charge in [-0.1, -0.05) is 23.1 Å². The fraction of sp³-hybridized carbons (Fsp3) is 0.400. The first-order valence-electron chi connectivity index (χ1n) is 10.0. The largest absolute Gasteiger partial charge is 0.344 e. The molecule has 0 saturated carbocycles. The summed E-state index contributed by atoms with van der Waals surface area (Å²) in [4.78, 5) is 36.2. The molecule has 1 fully saturated rings. The fourth-order valence-electron chi connectivity index (χ4n) is 3.84. The molecule has 1 aliphatic rings. The van der Waals surface area contributed by atoms with Crippen LogP contribution in [0.5, 0.6) is 0 Å². The van der Waals surface area contributed by atoms with E-state index < -0.39 is 0 Å². The SMILES string of the molecule is CSc1nc2nc(C)c(CC(=O)N3CCN(c4nc5cccnc5s4)CC3)c(C)n2n1. The fourth-order valence-corrected chi connectivity index (χ4v) is 5.13. The Bertz CT molecular complexity index is 1240. The molecule has 4 aromatic heterocycles. The van der Waals surface area contributed by atoms with Crippen LogP contribution in [0.4, 0.5) is 5.13 Å². The minimum absolute atomic E-state index is 0.114. The number of fused-ring (bicyclic) bond motifs is 2. The number of hydrogen-bond acceptors (Lipinski definition) is 9. The summed E-state index contributed by atoms with van der Waals surface area (Å²) in [7, 11) is 0. The number of nitrogens with zero attached hydrogens (tertiary/aromatic N) is 8. The summed E-state index contributed by atoms with van der Waals surface area (Å²) in [6.45, 7) is 6.79. The van der Waals surface area contributed by atoms with Crippen molar-refractivity contribution in [3.05, 3.63) is 35.3 Å². The number of carbonyl (C=O) groups is 1. The van der Waals surface area contributed by atoms with Crippen LogP contribution in [0.1, 0.15) is 17.0 Å². The van der Waals surface area contributed by atoms with Gasteiger partial charge in [-0.2, -0.15) is 4.98 Å². The number of aromatic nitrogens is 6. The highest BCUT2D eigenvalue weighted by Gasteiger charge is 2.25. The monoisotopic (exact) mass is 454 g/mol. The highest BCUT2D eigenvalue weighted by atomic mass is 32.2. The van der Waals surface area contributed by atoms with Gasteiger partial charge in [0.05, 0.1) is 6.42 Å². The average molecular weight is 455 g/mol. The van der Waals surface area contributed by atoms with Gasteiger partial charge < -0.3 is 9.80 Å². The van der Waals surface area contributed by atoms with Crippen molar-refractivity contribution in [3.63, 3.8) is 0 Å². The van der Waals surface area contributed by atoms with Crippen LogP contribution < -0.4 is 4.90 Å². The number of hydrogen-bond donors (Lipinski definition) is 0. The predicted molar refractivity (Wildman–Crippen MR) is 122 cm³/mol. The van der Waals surface area contributed by atoms with Crippen LogP contribution in [0.2, 0.25) is 0 Å². The molecule has 5 rings (SSSR count). The smallest absolute Gasteiger partial charge is 0.253 e. The predicted octanol–water partition coefficient (Wildman–Crippen LogP) is 2.36. The van der Waals surface area contributed by atoms with Crippen LogP contribution in [0.3, 0.4) is 0 Å². The van der Waals surface area contributed by atoms with Crippen LogP contribution in [0, 0.1) is 13.8 Å². The highest BCUT2D eigenvalue weighted by molar-refractivity contribution is 7.98. The molecule has 0 aliphatic carbocycles. The lowest BCUT2D eigenvalue weighted by molar-refractivity contribution is -0.130. The van der Waals surface area contributed by atoms with Crippen molar-refractivity contribution in [2.45, 2.75) is 25.4 Å². The summed E-state index contributed by atoms with van der Waals surface area (Å²) in [6, 6.07) is 3.88. The minimum atomic E-state index is 0.114. The van der Waals surface area contributed by atoms with Gasteiger partial charge in [0, 0.05) is 49.3 Å². The number of aryl methyl sites for hydroxylation is 2. The summed E-state index contributed by atoms with van der Waals surface area (Å²) >= 11 is 3.08. The van der Waals surface area contributed by atoms with Gasteiger partial charge in [-0.25, -0.2) is 19.5 Å². The molecule has 5 heterocycles. The average Bonchev–Trinajstić information content (AvgIpc) is 3.40. The molecular weight excluding hydrogens is 432 g/mol. The van der Waals surface area contributed by atoms with Crippen molar-refractivity contribution < 1.29 is 4.79 Å². The van der Waals surface area contributed by atoms with Crippen molar-refractivity contribution in [3.8, 4) is 0 Å². The Morgan fingerprint density at radius 1 is 1.16 bits per heavy atom. The van der Waals surface area contributed by atoms with Crippen molar-refractivity contribution in [2.75, 3.05) is 37.3 Å². The van der Waals surface area contributed by atoms with Gasteiger partial charge in [0.2, 0.25) is 11.1 Å². The van der Waals surface area contributed by atoms with Crippen LogP contribution in [-0.4, -0.2) is 72.8 Å². The van der Waals surface area contributed by atoms with Crippen LogP contribution in [0.15, 0.2) is 23.5 Å². The number of thioether (sulfide) groups is 1. The van der Waals surface area contributed by atoms with E-state index in [1.807, 2.05) is 37.1 Å². The first kappa shape index (κ1) is 20.1. The van der Waals surface area contributed by atoms with Crippen LogP contribution in [0.25, 0.3) is 16.1 Å². The third kappa shape index (κ3) is 3.72. The second-order valence-electron chi connectivity index (χ2n) is 7.44. The molecule has 9 nitrogen and oxygen atoms in total. The van der Waals surface area contributed by atoms with Gasteiger partial charge >= 0.3 is 0 Å². The molecule has 1 amide bonds. The molecule has 11 heteroatoms. The molecule has 4 aromatic rings. The summed E-state index contributed by atoms with van der Waals surface area (Å²) in [5.41, 5.74) is 3.60. The quantitative estimate of drug-likeness (QED) is 0.434. The van der Waals surface area contributed by atoms with E-state index in [2.05, 4.69) is 29.9 Å². The molecule has 0 atom stereocenters. The molecule has 0 unspecified atom stereocenters. The number of amides is 1. The first-order chi connectivity index (χ1) is 15.0. The summed E-state index contributed by atoms with van der Waals surface area (Å²) < 4.78 is 1.74. The van der Waals surface area contributed by atoms with E-state index in [0.29, 0.717) is 30.4 Å². The lowest BCUT2D eigenvalue weighted by Gasteiger charge is -2.34. The molecule has 0 aromatic carbocycles. The summed E-state index contributed by atoms with van der Waals surface area (Å²) in [5.74, 6) is 0.692. The standard InChI is InChI=1S/C20H22N8OS2/c1-12-14(13(2)28-18(22-12)24-19(25-28)30-3)11-16(29)26-7-9-27(10-8-26)20-23-15-5-4-6-21-17(15)31-20/h4-6H,7-11H2,1-3H3. The number of carbonyl (C=O) groups excluding carboxylic acids is 1. The number of rotatable bonds is 4. The Labute approximate surface area is 187 Å². The Hall–Kier alpha value is -2.79. The van der Waals surface area contributed by atoms with Crippen LogP contribution >= 0.6 is 23.1 Å². The third-order valence-corrected chi connectivity index (χ3v) is 7.18. The topological polar surface area (TPSA) is 92.4 Å². The molecular formula is C20H22N8OS2. The zero-order valence-electron chi connectivity index (χ0n) is 17.6. The van der Waals surface area contributed by atoms with Crippen molar-refractivity contribution >= 4 is 50.3 Å². The van der Waals surface area contributed by atoms with E-state index in [1.54, 1.807) is 22.0 Å². The second kappa shape index (κ2) is 8.04. The Balaban J connectivity index is 1.28. The van der Waals surface area contributed by atoms with Gasteiger partial charge in [0.15, 0.2) is 5.13 Å². The lowest BCUT2D eigenvalue weighted by Crippen LogP contribution is -2.49. The second-order valence-corrected chi connectivity index (χ2v) is 9.17. The maximum absolute atomic E-state index is 13.1. The van der Waals surface area contributed by atoms with Gasteiger partial charge in [-0.3, -0.25) is 4.79 Å². The molecule has 0 radical (unpaired) electrons. The van der Waals surface area contributed by atoms with Crippen molar-refractivity contribution in [1.82, 2.24) is 34.4 Å². The number of anilines is 1.